The second-order valence-corrected chi connectivity index (χ2v) is 4.14. The summed E-state index contributed by atoms with van der Waals surface area (Å²) in [7, 11) is 1.73. The lowest BCUT2D eigenvalue weighted by Gasteiger charge is -2.23. The first-order valence-electron chi connectivity index (χ1n) is 5.31. The summed E-state index contributed by atoms with van der Waals surface area (Å²) in [5.41, 5.74) is 2.31. The molecule has 0 saturated carbocycles. The van der Waals surface area contributed by atoms with Crippen LogP contribution in [0.25, 0.3) is 0 Å². The summed E-state index contributed by atoms with van der Waals surface area (Å²) >= 11 is 0. The zero-order chi connectivity index (χ0) is 11.3. The van der Waals surface area contributed by atoms with Gasteiger partial charge in [-0.1, -0.05) is 13.8 Å². The molecule has 3 heteroatoms. The van der Waals surface area contributed by atoms with E-state index < -0.39 is 0 Å². The number of pyridine rings is 1. The molecule has 1 rings (SSSR count). The van der Waals surface area contributed by atoms with E-state index in [0.717, 1.165) is 5.69 Å². The minimum atomic E-state index is 0.331. The molecular formula is C12H20N2O. The van der Waals surface area contributed by atoms with Gasteiger partial charge >= 0.3 is 0 Å². The zero-order valence-corrected chi connectivity index (χ0v) is 9.95. The van der Waals surface area contributed by atoms with E-state index in [0.29, 0.717) is 18.6 Å². The number of hydrogen-bond acceptors (Lipinski definition) is 3. The monoisotopic (exact) mass is 208 g/mol. The third-order valence-corrected chi connectivity index (χ3v) is 2.53. The largest absolute Gasteiger partial charge is 0.383 e. The molecule has 0 aliphatic heterocycles. The van der Waals surface area contributed by atoms with Crippen molar-refractivity contribution in [1.29, 1.82) is 0 Å². The van der Waals surface area contributed by atoms with Gasteiger partial charge in [-0.15, -0.1) is 0 Å². The highest BCUT2D eigenvalue weighted by atomic mass is 16.5. The standard InChI is InChI=1S/C12H20N2O/c1-9(2)12(8-15-4)14-11-7-13-6-5-10(11)3/h5-7,9,12,14H,8H2,1-4H3. The summed E-state index contributed by atoms with van der Waals surface area (Å²) in [6, 6.07) is 2.34. The minimum Gasteiger partial charge on any atom is -0.383 e. The van der Waals surface area contributed by atoms with E-state index in [2.05, 4.69) is 31.1 Å². The van der Waals surface area contributed by atoms with Crippen molar-refractivity contribution in [2.75, 3.05) is 19.0 Å². The summed E-state index contributed by atoms with van der Waals surface area (Å²) in [6.07, 6.45) is 3.67. The van der Waals surface area contributed by atoms with Crippen LogP contribution in [0.3, 0.4) is 0 Å². The van der Waals surface area contributed by atoms with Crippen molar-refractivity contribution in [2.24, 2.45) is 5.92 Å². The van der Waals surface area contributed by atoms with Crippen LogP contribution in [0.15, 0.2) is 18.5 Å². The van der Waals surface area contributed by atoms with Crippen LogP contribution in [0.5, 0.6) is 0 Å². The number of anilines is 1. The van der Waals surface area contributed by atoms with Gasteiger partial charge in [0, 0.05) is 13.3 Å². The molecule has 84 valence electrons. The van der Waals surface area contributed by atoms with Crippen molar-refractivity contribution >= 4 is 5.69 Å². The molecule has 3 nitrogen and oxygen atoms in total. The lowest BCUT2D eigenvalue weighted by atomic mass is 10.0. The Labute approximate surface area is 91.9 Å². The molecule has 0 spiro atoms. The number of hydrogen-bond donors (Lipinski definition) is 1. The molecule has 1 N–H and O–H groups in total. The van der Waals surface area contributed by atoms with Gasteiger partial charge in [-0.3, -0.25) is 4.98 Å². The van der Waals surface area contributed by atoms with Gasteiger partial charge in [-0.2, -0.15) is 0 Å². The van der Waals surface area contributed by atoms with Gasteiger partial charge in [-0.25, -0.2) is 0 Å². The lowest BCUT2D eigenvalue weighted by molar-refractivity contribution is 0.171. The molecule has 15 heavy (non-hydrogen) atoms. The molecule has 0 fully saturated rings. The average molecular weight is 208 g/mol. The first kappa shape index (κ1) is 12.0. The van der Waals surface area contributed by atoms with Gasteiger partial charge in [0.2, 0.25) is 0 Å². The smallest absolute Gasteiger partial charge is 0.0666 e. The van der Waals surface area contributed by atoms with E-state index in [1.54, 1.807) is 13.3 Å². The summed E-state index contributed by atoms with van der Waals surface area (Å²) in [5, 5.41) is 3.46. The van der Waals surface area contributed by atoms with Crippen LogP contribution in [0.4, 0.5) is 5.69 Å². The van der Waals surface area contributed by atoms with E-state index >= 15 is 0 Å². The molecule has 0 aromatic carbocycles. The van der Waals surface area contributed by atoms with Crippen LogP contribution in [0, 0.1) is 12.8 Å². The fraction of sp³-hybridized carbons (Fsp3) is 0.583. The highest BCUT2D eigenvalue weighted by molar-refractivity contribution is 5.48. The van der Waals surface area contributed by atoms with Crippen LogP contribution in [-0.2, 0) is 4.74 Å². The molecular weight excluding hydrogens is 188 g/mol. The van der Waals surface area contributed by atoms with E-state index in [4.69, 9.17) is 4.74 Å². The first-order chi connectivity index (χ1) is 7.15. The highest BCUT2D eigenvalue weighted by Crippen LogP contribution is 2.15. The second kappa shape index (κ2) is 5.71. The van der Waals surface area contributed by atoms with Gasteiger partial charge in [0.25, 0.3) is 0 Å². The van der Waals surface area contributed by atoms with Crippen molar-refractivity contribution in [2.45, 2.75) is 26.8 Å². The number of methoxy groups -OCH3 is 1. The van der Waals surface area contributed by atoms with Crippen molar-refractivity contribution in [3.63, 3.8) is 0 Å². The van der Waals surface area contributed by atoms with Gasteiger partial charge < -0.3 is 10.1 Å². The summed E-state index contributed by atoms with van der Waals surface area (Å²) < 4.78 is 5.19. The van der Waals surface area contributed by atoms with E-state index in [9.17, 15) is 0 Å². The van der Waals surface area contributed by atoms with Gasteiger partial charge in [0.1, 0.15) is 0 Å². The van der Waals surface area contributed by atoms with Crippen molar-refractivity contribution in [3.05, 3.63) is 24.0 Å². The minimum absolute atomic E-state index is 0.331. The van der Waals surface area contributed by atoms with E-state index in [1.165, 1.54) is 5.56 Å². The molecule has 1 atom stereocenters. The molecule has 0 radical (unpaired) electrons. The van der Waals surface area contributed by atoms with Crippen LogP contribution >= 0.6 is 0 Å². The zero-order valence-electron chi connectivity index (χ0n) is 9.95. The van der Waals surface area contributed by atoms with Crippen LogP contribution in [0.2, 0.25) is 0 Å². The Balaban J connectivity index is 2.69. The number of aromatic nitrogens is 1. The van der Waals surface area contributed by atoms with Crippen molar-refractivity contribution < 1.29 is 4.74 Å². The Bertz CT molecular complexity index is 299. The molecule has 1 unspecified atom stereocenters. The van der Waals surface area contributed by atoms with Crippen molar-refractivity contribution in [1.82, 2.24) is 4.98 Å². The Kier molecular flexibility index (Phi) is 4.56. The molecule has 0 bridgehead atoms. The molecule has 1 heterocycles. The van der Waals surface area contributed by atoms with Crippen molar-refractivity contribution in [3.8, 4) is 0 Å². The number of ether oxygens (including phenoxy) is 1. The van der Waals surface area contributed by atoms with Gasteiger partial charge in [0.15, 0.2) is 0 Å². The highest BCUT2D eigenvalue weighted by Gasteiger charge is 2.13. The third-order valence-electron chi connectivity index (χ3n) is 2.53. The van der Waals surface area contributed by atoms with E-state index in [-0.39, 0.29) is 0 Å². The molecule has 0 aliphatic carbocycles. The number of nitrogens with one attached hydrogen (secondary N) is 1. The number of aryl methyl sites for hydroxylation is 1. The Hall–Kier alpha value is -1.09. The summed E-state index contributed by atoms with van der Waals surface area (Å²) in [4.78, 5) is 4.11. The maximum Gasteiger partial charge on any atom is 0.0666 e. The van der Waals surface area contributed by atoms with E-state index in [1.807, 2.05) is 12.3 Å². The Morgan fingerprint density at radius 3 is 2.73 bits per heavy atom. The maximum atomic E-state index is 5.19. The summed E-state index contributed by atoms with van der Waals surface area (Å²) in [6.45, 7) is 7.16. The van der Waals surface area contributed by atoms with Crippen LogP contribution in [-0.4, -0.2) is 24.7 Å². The van der Waals surface area contributed by atoms with Gasteiger partial charge in [-0.05, 0) is 24.5 Å². The fourth-order valence-corrected chi connectivity index (χ4v) is 1.40. The molecule has 0 saturated heterocycles. The molecule has 0 amide bonds. The average Bonchev–Trinajstić information content (AvgIpc) is 2.20. The fourth-order valence-electron chi connectivity index (χ4n) is 1.40. The molecule has 1 aromatic heterocycles. The third kappa shape index (κ3) is 3.51. The topological polar surface area (TPSA) is 34.1 Å². The number of rotatable bonds is 5. The summed E-state index contributed by atoms with van der Waals surface area (Å²) in [5.74, 6) is 0.532. The maximum absolute atomic E-state index is 5.19. The molecule has 0 aliphatic rings. The second-order valence-electron chi connectivity index (χ2n) is 4.14. The van der Waals surface area contributed by atoms with Gasteiger partial charge in [0.05, 0.1) is 24.5 Å². The quantitative estimate of drug-likeness (QED) is 0.807. The first-order valence-corrected chi connectivity index (χ1v) is 5.31. The van der Waals surface area contributed by atoms with Crippen LogP contribution in [0.1, 0.15) is 19.4 Å². The van der Waals surface area contributed by atoms with Crippen LogP contribution < -0.4 is 5.32 Å². The normalized spacial score (nSPS) is 12.9. The predicted octanol–water partition coefficient (Wildman–Crippen LogP) is 2.47. The Morgan fingerprint density at radius 1 is 1.47 bits per heavy atom. The Morgan fingerprint density at radius 2 is 2.20 bits per heavy atom. The molecule has 1 aromatic rings. The SMILES string of the molecule is COCC(Nc1cnccc1C)C(C)C. The number of nitrogens with zero attached hydrogens (tertiary/aromatic N) is 1. The lowest BCUT2D eigenvalue weighted by Crippen LogP contribution is -2.30. The predicted molar refractivity (Wildman–Crippen MR) is 63.1 cm³/mol.